The molecule has 0 heterocycles. The molecule has 20 heavy (non-hydrogen) atoms. The van der Waals surface area contributed by atoms with E-state index >= 15 is 0 Å². The second kappa shape index (κ2) is 6.19. The summed E-state index contributed by atoms with van der Waals surface area (Å²) in [5.74, 6) is 0.916. The normalized spacial score (nSPS) is 11.4. The van der Waals surface area contributed by atoms with Gasteiger partial charge in [-0.05, 0) is 29.2 Å². The molecule has 3 heteroatoms. The summed E-state index contributed by atoms with van der Waals surface area (Å²) in [6.07, 6.45) is 0. The van der Waals surface area contributed by atoms with Crippen molar-refractivity contribution < 1.29 is 4.74 Å². The molecule has 0 N–H and O–H groups in total. The van der Waals surface area contributed by atoms with Gasteiger partial charge in [0.1, 0.15) is 12.4 Å². The SMILES string of the molecule is CC(C)(C)c1ccccc1OCc1ccc(Br)cc1Cl. The highest BCUT2D eigenvalue weighted by atomic mass is 79.9. The maximum Gasteiger partial charge on any atom is 0.123 e. The lowest BCUT2D eigenvalue weighted by Crippen LogP contribution is -2.13. The van der Waals surface area contributed by atoms with Gasteiger partial charge in [-0.15, -0.1) is 0 Å². The fourth-order valence-corrected chi connectivity index (χ4v) is 2.73. The molecular formula is C17H18BrClO. The van der Waals surface area contributed by atoms with Crippen LogP contribution in [-0.4, -0.2) is 0 Å². The van der Waals surface area contributed by atoms with E-state index in [4.69, 9.17) is 16.3 Å². The molecule has 0 aliphatic carbocycles. The van der Waals surface area contributed by atoms with E-state index < -0.39 is 0 Å². The van der Waals surface area contributed by atoms with Crippen LogP contribution in [0.5, 0.6) is 5.75 Å². The Kier molecular flexibility index (Phi) is 4.77. The zero-order valence-electron chi connectivity index (χ0n) is 11.9. The molecule has 0 aliphatic heterocycles. The third-order valence-electron chi connectivity index (χ3n) is 3.09. The average Bonchev–Trinajstić information content (AvgIpc) is 2.37. The van der Waals surface area contributed by atoms with Gasteiger partial charge < -0.3 is 4.74 Å². The Balaban J connectivity index is 2.19. The first-order valence-corrected chi connectivity index (χ1v) is 7.71. The van der Waals surface area contributed by atoms with Gasteiger partial charge in [-0.2, -0.15) is 0 Å². The molecule has 2 rings (SSSR count). The highest BCUT2D eigenvalue weighted by Gasteiger charge is 2.18. The van der Waals surface area contributed by atoms with Crippen molar-refractivity contribution in [1.82, 2.24) is 0 Å². The summed E-state index contributed by atoms with van der Waals surface area (Å²) >= 11 is 9.62. The van der Waals surface area contributed by atoms with Crippen LogP contribution in [-0.2, 0) is 12.0 Å². The Morgan fingerprint density at radius 3 is 2.45 bits per heavy atom. The molecule has 0 fully saturated rings. The summed E-state index contributed by atoms with van der Waals surface area (Å²) in [7, 11) is 0. The van der Waals surface area contributed by atoms with Gasteiger partial charge in [0.05, 0.1) is 0 Å². The summed E-state index contributed by atoms with van der Waals surface area (Å²) in [5.41, 5.74) is 2.24. The largest absolute Gasteiger partial charge is 0.489 e. The highest BCUT2D eigenvalue weighted by molar-refractivity contribution is 9.10. The Morgan fingerprint density at radius 2 is 1.80 bits per heavy atom. The van der Waals surface area contributed by atoms with Crippen molar-refractivity contribution in [2.24, 2.45) is 0 Å². The van der Waals surface area contributed by atoms with Gasteiger partial charge in [0.25, 0.3) is 0 Å². The topological polar surface area (TPSA) is 9.23 Å². The van der Waals surface area contributed by atoms with Crippen LogP contribution in [0.15, 0.2) is 46.9 Å². The number of para-hydroxylation sites is 1. The van der Waals surface area contributed by atoms with Crippen molar-refractivity contribution in [3.8, 4) is 5.75 Å². The van der Waals surface area contributed by atoms with Gasteiger partial charge in [0.15, 0.2) is 0 Å². The smallest absolute Gasteiger partial charge is 0.123 e. The number of hydrogen-bond donors (Lipinski definition) is 0. The molecule has 0 saturated carbocycles. The molecule has 2 aromatic carbocycles. The number of hydrogen-bond acceptors (Lipinski definition) is 1. The standard InChI is InChI=1S/C17H18BrClO/c1-17(2,3)14-6-4-5-7-16(14)20-11-12-8-9-13(18)10-15(12)19/h4-10H,11H2,1-3H3. The lowest BCUT2D eigenvalue weighted by Gasteiger charge is -2.22. The Hall–Kier alpha value is -0.990. The van der Waals surface area contributed by atoms with E-state index in [1.165, 1.54) is 5.56 Å². The minimum atomic E-state index is 0.0557. The minimum Gasteiger partial charge on any atom is -0.489 e. The first kappa shape index (κ1) is 15.4. The molecule has 2 aromatic rings. The molecule has 0 atom stereocenters. The Labute approximate surface area is 134 Å². The van der Waals surface area contributed by atoms with Crippen molar-refractivity contribution in [3.63, 3.8) is 0 Å². The quantitative estimate of drug-likeness (QED) is 0.659. The molecule has 0 bridgehead atoms. The van der Waals surface area contributed by atoms with E-state index in [9.17, 15) is 0 Å². The summed E-state index contributed by atoms with van der Waals surface area (Å²) < 4.78 is 6.94. The van der Waals surface area contributed by atoms with Crippen LogP contribution < -0.4 is 4.74 Å². The van der Waals surface area contributed by atoms with Crippen LogP contribution in [0.3, 0.4) is 0 Å². The van der Waals surface area contributed by atoms with Gasteiger partial charge in [-0.25, -0.2) is 0 Å². The third kappa shape index (κ3) is 3.77. The summed E-state index contributed by atoms with van der Waals surface area (Å²) in [5, 5.41) is 0.715. The minimum absolute atomic E-state index is 0.0557. The van der Waals surface area contributed by atoms with Crippen LogP contribution in [0, 0.1) is 0 Å². The lowest BCUT2D eigenvalue weighted by atomic mass is 9.86. The second-order valence-corrected chi connectivity index (χ2v) is 7.09. The van der Waals surface area contributed by atoms with Crippen molar-refractivity contribution in [1.29, 1.82) is 0 Å². The van der Waals surface area contributed by atoms with Crippen LogP contribution in [0.25, 0.3) is 0 Å². The Bertz CT molecular complexity index is 602. The molecule has 0 unspecified atom stereocenters. The van der Waals surface area contributed by atoms with Crippen molar-refractivity contribution in [2.75, 3.05) is 0 Å². The van der Waals surface area contributed by atoms with E-state index in [0.717, 1.165) is 15.8 Å². The zero-order chi connectivity index (χ0) is 14.8. The molecule has 1 nitrogen and oxygen atoms in total. The predicted octanol–water partition coefficient (Wildman–Crippen LogP) is 5.98. The predicted molar refractivity (Wildman–Crippen MR) is 88.6 cm³/mol. The van der Waals surface area contributed by atoms with Crippen LogP contribution in [0.2, 0.25) is 5.02 Å². The summed E-state index contributed by atoms with van der Waals surface area (Å²) in [4.78, 5) is 0. The fraction of sp³-hybridized carbons (Fsp3) is 0.294. The van der Waals surface area contributed by atoms with Gasteiger partial charge in [-0.3, -0.25) is 0 Å². The Morgan fingerprint density at radius 1 is 1.10 bits per heavy atom. The van der Waals surface area contributed by atoms with E-state index in [0.29, 0.717) is 11.6 Å². The van der Waals surface area contributed by atoms with Crippen molar-refractivity contribution in [2.45, 2.75) is 32.8 Å². The van der Waals surface area contributed by atoms with Crippen molar-refractivity contribution >= 4 is 27.5 Å². The van der Waals surface area contributed by atoms with Gasteiger partial charge in [0, 0.05) is 15.1 Å². The summed E-state index contributed by atoms with van der Waals surface area (Å²) in [6, 6.07) is 14.0. The second-order valence-electron chi connectivity index (χ2n) is 5.77. The maximum absolute atomic E-state index is 6.22. The van der Waals surface area contributed by atoms with E-state index in [-0.39, 0.29) is 5.41 Å². The third-order valence-corrected chi connectivity index (χ3v) is 3.94. The lowest BCUT2D eigenvalue weighted by molar-refractivity contribution is 0.297. The van der Waals surface area contributed by atoms with Crippen LogP contribution in [0.1, 0.15) is 31.9 Å². The highest BCUT2D eigenvalue weighted by Crippen LogP contribution is 2.32. The first-order chi connectivity index (χ1) is 9.38. The first-order valence-electron chi connectivity index (χ1n) is 6.54. The van der Waals surface area contributed by atoms with Gasteiger partial charge in [0.2, 0.25) is 0 Å². The monoisotopic (exact) mass is 352 g/mol. The number of benzene rings is 2. The maximum atomic E-state index is 6.22. The molecule has 0 spiro atoms. The molecular weight excluding hydrogens is 336 g/mol. The average molecular weight is 354 g/mol. The molecule has 0 saturated heterocycles. The van der Waals surface area contributed by atoms with E-state index in [1.54, 1.807) is 0 Å². The van der Waals surface area contributed by atoms with E-state index in [1.807, 2.05) is 36.4 Å². The van der Waals surface area contributed by atoms with Gasteiger partial charge in [-0.1, -0.05) is 72.6 Å². The number of rotatable bonds is 3. The molecule has 0 aliphatic rings. The van der Waals surface area contributed by atoms with Crippen LogP contribution in [0.4, 0.5) is 0 Å². The van der Waals surface area contributed by atoms with Crippen LogP contribution >= 0.6 is 27.5 Å². The summed E-state index contributed by atoms with van der Waals surface area (Å²) in [6.45, 7) is 7.02. The number of ether oxygens (including phenoxy) is 1. The molecule has 106 valence electrons. The van der Waals surface area contributed by atoms with E-state index in [2.05, 4.69) is 42.8 Å². The molecule has 0 amide bonds. The van der Waals surface area contributed by atoms with Crippen molar-refractivity contribution in [3.05, 3.63) is 63.1 Å². The number of halogens is 2. The van der Waals surface area contributed by atoms with Gasteiger partial charge >= 0.3 is 0 Å². The fourth-order valence-electron chi connectivity index (χ4n) is 2.01. The zero-order valence-corrected chi connectivity index (χ0v) is 14.3. The molecule has 0 radical (unpaired) electrons. The molecule has 0 aromatic heterocycles.